The SMILES string of the molecule is CCS(=O)(=O)C/C(=N/O)c1ccc(C)cc1. The maximum absolute atomic E-state index is 11.4. The second-order valence-electron chi connectivity index (χ2n) is 3.59. The van der Waals surface area contributed by atoms with Gasteiger partial charge in [-0.05, 0) is 6.92 Å². The molecule has 0 atom stereocenters. The Morgan fingerprint density at radius 3 is 2.31 bits per heavy atom. The third-order valence-corrected chi connectivity index (χ3v) is 3.89. The van der Waals surface area contributed by atoms with E-state index in [-0.39, 0.29) is 17.2 Å². The molecule has 1 N–H and O–H groups in total. The first kappa shape index (κ1) is 12.7. The van der Waals surface area contributed by atoms with Gasteiger partial charge in [0.1, 0.15) is 5.71 Å². The lowest BCUT2D eigenvalue weighted by Gasteiger charge is -2.05. The monoisotopic (exact) mass is 241 g/mol. The standard InChI is InChI=1S/C11H15NO3S/c1-3-16(14,15)8-11(12-13)10-6-4-9(2)5-7-10/h4-7,13H,3,8H2,1-2H3/b12-11-. The van der Waals surface area contributed by atoms with Crippen LogP contribution in [0.25, 0.3) is 0 Å². The highest BCUT2D eigenvalue weighted by Gasteiger charge is 2.14. The Morgan fingerprint density at radius 2 is 1.88 bits per heavy atom. The molecule has 0 saturated carbocycles. The van der Waals surface area contributed by atoms with Crippen LogP contribution in [0.2, 0.25) is 0 Å². The number of aryl methyl sites for hydroxylation is 1. The van der Waals surface area contributed by atoms with Crippen LogP contribution in [0.5, 0.6) is 0 Å². The molecule has 0 fully saturated rings. The van der Waals surface area contributed by atoms with E-state index in [1.807, 2.05) is 19.1 Å². The molecule has 0 aliphatic heterocycles. The number of rotatable bonds is 4. The number of nitrogens with zero attached hydrogens (tertiary/aromatic N) is 1. The van der Waals surface area contributed by atoms with Crippen LogP contribution < -0.4 is 0 Å². The summed E-state index contributed by atoms with van der Waals surface area (Å²) in [6.07, 6.45) is 0. The summed E-state index contributed by atoms with van der Waals surface area (Å²) in [4.78, 5) is 0. The van der Waals surface area contributed by atoms with E-state index in [1.54, 1.807) is 19.1 Å². The van der Waals surface area contributed by atoms with E-state index in [9.17, 15) is 8.42 Å². The van der Waals surface area contributed by atoms with Crippen LogP contribution in [-0.4, -0.2) is 30.8 Å². The second kappa shape index (κ2) is 5.12. The van der Waals surface area contributed by atoms with Crippen molar-refractivity contribution in [1.82, 2.24) is 0 Å². The predicted octanol–water partition coefficient (Wildman–Crippen LogP) is 1.61. The summed E-state index contributed by atoms with van der Waals surface area (Å²) in [7, 11) is -3.18. The van der Waals surface area contributed by atoms with Gasteiger partial charge >= 0.3 is 0 Å². The highest BCUT2D eigenvalue weighted by atomic mass is 32.2. The average Bonchev–Trinajstić information content (AvgIpc) is 2.27. The topological polar surface area (TPSA) is 66.7 Å². The van der Waals surface area contributed by atoms with Gasteiger partial charge in [0, 0.05) is 11.3 Å². The largest absolute Gasteiger partial charge is 0.411 e. The summed E-state index contributed by atoms with van der Waals surface area (Å²) < 4.78 is 22.8. The van der Waals surface area contributed by atoms with Crippen LogP contribution in [0.4, 0.5) is 0 Å². The molecule has 5 heteroatoms. The van der Waals surface area contributed by atoms with Crippen molar-refractivity contribution in [3.05, 3.63) is 35.4 Å². The molecule has 4 nitrogen and oxygen atoms in total. The predicted molar refractivity (Wildman–Crippen MR) is 63.8 cm³/mol. The molecule has 0 spiro atoms. The minimum atomic E-state index is -3.18. The fraction of sp³-hybridized carbons (Fsp3) is 0.364. The lowest BCUT2D eigenvalue weighted by molar-refractivity contribution is 0.319. The van der Waals surface area contributed by atoms with Crippen LogP contribution in [-0.2, 0) is 9.84 Å². The third kappa shape index (κ3) is 3.34. The van der Waals surface area contributed by atoms with Gasteiger partial charge in [0.2, 0.25) is 0 Å². The molecule has 1 rings (SSSR count). The quantitative estimate of drug-likeness (QED) is 0.494. The van der Waals surface area contributed by atoms with Crippen molar-refractivity contribution in [1.29, 1.82) is 0 Å². The Labute approximate surface area is 95.5 Å². The molecule has 0 aromatic heterocycles. The lowest BCUT2D eigenvalue weighted by Crippen LogP contribution is -2.18. The van der Waals surface area contributed by atoms with Gasteiger partial charge in [-0.15, -0.1) is 0 Å². The fourth-order valence-corrected chi connectivity index (χ4v) is 2.07. The van der Waals surface area contributed by atoms with E-state index in [2.05, 4.69) is 5.16 Å². The molecule has 0 amide bonds. The third-order valence-electron chi connectivity index (χ3n) is 2.30. The van der Waals surface area contributed by atoms with Crippen molar-refractivity contribution in [2.45, 2.75) is 13.8 Å². The average molecular weight is 241 g/mol. The minimum Gasteiger partial charge on any atom is -0.411 e. The summed E-state index contributed by atoms with van der Waals surface area (Å²) in [5, 5.41) is 11.9. The van der Waals surface area contributed by atoms with Crippen molar-refractivity contribution >= 4 is 15.5 Å². The van der Waals surface area contributed by atoms with E-state index in [0.717, 1.165) is 5.56 Å². The first-order chi connectivity index (χ1) is 7.48. The van der Waals surface area contributed by atoms with Gasteiger partial charge in [0.25, 0.3) is 0 Å². The fourth-order valence-electron chi connectivity index (χ4n) is 1.23. The number of sulfone groups is 1. The highest BCUT2D eigenvalue weighted by Crippen LogP contribution is 2.07. The van der Waals surface area contributed by atoms with E-state index in [4.69, 9.17) is 5.21 Å². The zero-order valence-corrected chi connectivity index (χ0v) is 10.2. The molecule has 0 radical (unpaired) electrons. The zero-order chi connectivity index (χ0) is 12.2. The van der Waals surface area contributed by atoms with Crippen LogP contribution >= 0.6 is 0 Å². The highest BCUT2D eigenvalue weighted by molar-refractivity contribution is 7.92. The van der Waals surface area contributed by atoms with Crippen LogP contribution in [0.15, 0.2) is 29.4 Å². The van der Waals surface area contributed by atoms with Crippen molar-refractivity contribution in [3.63, 3.8) is 0 Å². The second-order valence-corrected chi connectivity index (χ2v) is 5.94. The number of benzene rings is 1. The molecule has 0 heterocycles. The first-order valence-corrected chi connectivity index (χ1v) is 6.79. The Hall–Kier alpha value is -1.36. The van der Waals surface area contributed by atoms with Gasteiger partial charge in [0.05, 0.1) is 5.75 Å². The first-order valence-electron chi connectivity index (χ1n) is 4.97. The molecule has 0 aliphatic carbocycles. The number of hydrogen-bond donors (Lipinski definition) is 1. The maximum atomic E-state index is 11.4. The van der Waals surface area contributed by atoms with Crippen molar-refractivity contribution < 1.29 is 13.6 Å². The smallest absolute Gasteiger partial charge is 0.155 e. The Bertz CT molecular complexity index is 474. The molecular formula is C11H15NO3S. The summed E-state index contributed by atoms with van der Waals surface area (Å²) in [5.41, 5.74) is 1.88. The van der Waals surface area contributed by atoms with E-state index >= 15 is 0 Å². The Morgan fingerprint density at radius 1 is 1.31 bits per heavy atom. The number of oxime groups is 1. The van der Waals surface area contributed by atoms with Gasteiger partial charge in [0.15, 0.2) is 9.84 Å². The lowest BCUT2D eigenvalue weighted by atomic mass is 10.1. The summed E-state index contributed by atoms with van der Waals surface area (Å²) >= 11 is 0. The summed E-state index contributed by atoms with van der Waals surface area (Å²) in [5.74, 6) is -0.194. The molecule has 0 unspecified atom stereocenters. The van der Waals surface area contributed by atoms with Gasteiger partial charge in [-0.2, -0.15) is 0 Å². The van der Waals surface area contributed by atoms with Crippen LogP contribution in [0.3, 0.4) is 0 Å². The van der Waals surface area contributed by atoms with Gasteiger partial charge in [-0.25, -0.2) is 8.42 Å². The van der Waals surface area contributed by atoms with E-state index in [1.165, 1.54) is 0 Å². The zero-order valence-electron chi connectivity index (χ0n) is 9.34. The molecule has 1 aromatic carbocycles. The van der Waals surface area contributed by atoms with Crippen molar-refractivity contribution in [3.8, 4) is 0 Å². The van der Waals surface area contributed by atoms with Crippen molar-refractivity contribution in [2.75, 3.05) is 11.5 Å². The molecule has 1 aromatic rings. The van der Waals surface area contributed by atoms with Gasteiger partial charge < -0.3 is 5.21 Å². The molecule has 16 heavy (non-hydrogen) atoms. The molecule has 0 aliphatic rings. The molecule has 0 saturated heterocycles. The normalized spacial score (nSPS) is 12.8. The number of hydrogen-bond acceptors (Lipinski definition) is 4. The Balaban J connectivity index is 2.97. The van der Waals surface area contributed by atoms with E-state index < -0.39 is 9.84 Å². The summed E-state index contributed by atoms with van der Waals surface area (Å²) in [6, 6.07) is 7.18. The van der Waals surface area contributed by atoms with Gasteiger partial charge in [-0.3, -0.25) is 0 Å². The van der Waals surface area contributed by atoms with Gasteiger partial charge in [-0.1, -0.05) is 41.9 Å². The maximum Gasteiger partial charge on any atom is 0.155 e. The molecular weight excluding hydrogens is 226 g/mol. The van der Waals surface area contributed by atoms with E-state index in [0.29, 0.717) is 5.56 Å². The van der Waals surface area contributed by atoms with Crippen molar-refractivity contribution in [2.24, 2.45) is 5.16 Å². The summed E-state index contributed by atoms with van der Waals surface area (Å²) in [6.45, 7) is 3.50. The van der Waals surface area contributed by atoms with Crippen LogP contribution in [0, 0.1) is 6.92 Å². The van der Waals surface area contributed by atoms with Crippen LogP contribution in [0.1, 0.15) is 18.1 Å². The Kier molecular flexibility index (Phi) is 4.06. The molecule has 0 bridgehead atoms. The minimum absolute atomic E-state index is 0.0396. The molecule has 88 valence electrons.